The molecule has 0 aliphatic carbocycles. The minimum absolute atomic E-state index is 0.0246. The fourth-order valence-electron chi connectivity index (χ4n) is 5.11. The van der Waals surface area contributed by atoms with Crippen LogP contribution in [0.25, 0.3) is 21.9 Å². The number of anilines is 3. The van der Waals surface area contributed by atoms with E-state index >= 15 is 0 Å². The van der Waals surface area contributed by atoms with Crippen LogP contribution in [-0.2, 0) is 20.8 Å². The van der Waals surface area contributed by atoms with Gasteiger partial charge in [-0.15, -0.1) is 0 Å². The molecule has 5 aromatic rings. The van der Waals surface area contributed by atoms with Crippen molar-refractivity contribution in [2.24, 2.45) is 0 Å². The van der Waals surface area contributed by atoms with Gasteiger partial charge in [-0.3, -0.25) is 23.9 Å². The van der Waals surface area contributed by atoms with E-state index in [1.165, 1.54) is 6.92 Å². The zero-order valence-corrected chi connectivity index (χ0v) is 20.8. The predicted octanol–water partition coefficient (Wildman–Crippen LogP) is 4.64. The Kier molecular flexibility index (Phi) is 5.88. The lowest BCUT2D eigenvalue weighted by molar-refractivity contribution is -0.124. The first-order chi connectivity index (χ1) is 18.5. The van der Waals surface area contributed by atoms with Crippen LogP contribution in [0.1, 0.15) is 24.9 Å². The molecule has 9 heteroatoms. The Balaban J connectivity index is 1.23. The number of aromatic amines is 1. The molecule has 1 atom stereocenters. The number of carbonyl (C=O) groups excluding carboxylic acids is 3. The lowest BCUT2D eigenvalue weighted by Crippen LogP contribution is -2.33. The topological polar surface area (TPSA) is 112 Å². The molecule has 190 valence electrons. The van der Waals surface area contributed by atoms with E-state index in [1.54, 1.807) is 29.2 Å². The Labute approximate surface area is 218 Å². The number of hydrogen-bond donors (Lipinski definition) is 3. The smallest absolute Gasteiger partial charge is 0.253 e. The Hall–Kier alpha value is -4.92. The van der Waals surface area contributed by atoms with E-state index in [0.29, 0.717) is 30.3 Å². The van der Waals surface area contributed by atoms with Crippen LogP contribution in [-0.4, -0.2) is 38.8 Å². The number of nitrogens with one attached hydrogen (secondary N) is 3. The fraction of sp³-hybridized carbons (Fsp3) is 0.172. The summed E-state index contributed by atoms with van der Waals surface area (Å²) in [5.41, 5.74) is 5.01. The average Bonchev–Trinajstić information content (AvgIpc) is 3.56. The number of hydrogen-bond acceptors (Lipinski definition) is 4. The van der Waals surface area contributed by atoms with E-state index < -0.39 is 6.04 Å². The normalized spacial score (nSPS) is 14.7. The second-order valence-electron chi connectivity index (χ2n) is 9.40. The standard InChI is InChI=1S/C29H26N6O3/c1-18(36)31-20-10-12-21(13-11-20)32-27(37)16-26-28(38)34(29-33-24-8-4-5-9-25(24)35(26)29)15-14-19-17-30-23-7-3-2-6-22(19)23/h2-13,17,26,30H,14-16H2,1H3,(H,31,36)(H,32,37)/t26-/m0/s1. The molecule has 3 aromatic carbocycles. The first-order valence-electron chi connectivity index (χ1n) is 12.5. The third kappa shape index (κ3) is 4.28. The second kappa shape index (κ2) is 9.51. The molecule has 0 saturated carbocycles. The molecular weight excluding hydrogens is 480 g/mol. The summed E-state index contributed by atoms with van der Waals surface area (Å²) in [4.78, 5) is 47.7. The molecule has 6 rings (SSSR count). The summed E-state index contributed by atoms with van der Waals surface area (Å²) in [5, 5.41) is 6.70. The molecule has 1 aliphatic heterocycles. The van der Waals surface area contributed by atoms with Gasteiger partial charge in [-0.1, -0.05) is 30.3 Å². The van der Waals surface area contributed by atoms with Gasteiger partial charge in [0, 0.05) is 41.9 Å². The predicted molar refractivity (Wildman–Crippen MR) is 147 cm³/mol. The van der Waals surface area contributed by atoms with Crippen LogP contribution in [0.5, 0.6) is 0 Å². The van der Waals surface area contributed by atoms with Crippen LogP contribution in [0.2, 0.25) is 0 Å². The van der Waals surface area contributed by atoms with Crippen molar-refractivity contribution in [1.82, 2.24) is 14.5 Å². The number of benzene rings is 3. The highest BCUT2D eigenvalue weighted by atomic mass is 16.2. The maximum Gasteiger partial charge on any atom is 0.253 e. The monoisotopic (exact) mass is 506 g/mol. The number of fused-ring (bicyclic) bond motifs is 4. The lowest BCUT2D eigenvalue weighted by atomic mass is 10.1. The number of carbonyl (C=O) groups is 3. The summed E-state index contributed by atoms with van der Waals surface area (Å²) in [7, 11) is 0. The number of amides is 3. The molecule has 3 amide bonds. The van der Waals surface area contributed by atoms with Crippen molar-refractivity contribution in [3.8, 4) is 0 Å². The fourth-order valence-corrected chi connectivity index (χ4v) is 5.11. The van der Waals surface area contributed by atoms with Gasteiger partial charge < -0.3 is 15.6 Å². The van der Waals surface area contributed by atoms with Gasteiger partial charge in [0.15, 0.2) is 0 Å². The third-order valence-electron chi connectivity index (χ3n) is 6.83. The third-order valence-corrected chi connectivity index (χ3v) is 6.83. The zero-order chi connectivity index (χ0) is 26.2. The minimum Gasteiger partial charge on any atom is -0.361 e. The van der Waals surface area contributed by atoms with Crippen molar-refractivity contribution in [3.05, 3.63) is 84.6 Å². The molecule has 2 aromatic heterocycles. The highest BCUT2D eigenvalue weighted by molar-refractivity contribution is 6.05. The molecule has 9 nitrogen and oxygen atoms in total. The number of rotatable bonds is 7. The van der Waals surface area contributed by atoms with Gasteiger partial charge in [-0.25, -0.2) is 4.98 Å². The van der Waals surface area contributed by atoms with Gasteiger partial charge in [0.1, 0.15) is 6.04 Å². The van der Waals surface area contributed by atoms with E-state index in [2.05, 4.69) is 21.7 Å². The molecule has 1 aliphatic rings. The van der Waals surface area contributed by atoms with E-state index in [4.69, 9.17) is 4.98 Å². The van der Waals surface area contributed by atoms with Crippen LogP contribution >= 0.6 is 0 Å². The molecular formula is C29H26N6O3. The van der Waals surface area contributed by atoms with Gasteiger partial charge in [-0.05, 0) is 54.4 Å². The summed E-state index contributed by atoms with van der Waals surface area (Å²) < 4.78 is 1.88. The molecule has 0 radical (unpaired) electrons. The SMILES string of the molecule is CC(=O)Nc1ccc(NC(=O)C[C@H]2C(=O)N(CCc3c[nH]c4ccccc34)c3nc4ccccc4n32)cc1. The zero-order valence-electron chi connectivity index (χ0n) is 20.8. The maximum atomic E-state index is 13.7. The minimum atomic E-state index is -0.695. The molecule has 0 fully saturated rings. The summed E-state index contributed by atoms with van der Waals surface area (Å²) in [6.07, 6.45) is 2.61. The molecule has 0 spiro atoms. The second-order valence-corrected chi connectivity index (χ2v) is 9.40. The molecule has 3 heterocycles. The van der Waals surface area contributed by atoms with Gasteiger partial charge >= 0.3 is 0 Å². The van der Waals surface area contributed by atoms with Crippen LogP contribution in [0, 0.1) is 0 Å². The van der Waals surface area contributed by atoms with Crippen molar-refractivity contribution >= 4 is 57.0 Å². The van der Waals surface area contributed by atoms with Gasteiger partial charge in [0.2, 0.25) is 17.8 Å². The number of aromatic nitrogens is 3. The summed E-state index contributed by atoms with van der Waals surface area (Å²) in [6, 6.07) is 21.9. The molecule has 0 unspecified atom stereocenters. The summed E-state index contributed by atoms with van der Waals surface area (Å²) >= 11 is 0. The molecule has 38 heavy (non-hydrogen) atoms. The maximum absolute atomic E-state index is 13.7. The van der Waals surface area contributed by atoms with Crippen LogP contribution in [0.3, 0.4) is 0 Å². The summed E-state index contributed by atoms with van der Waals surface area (Å²) in [6.45, 7) is 1.89. The van der Waals surface area contributed by atoms with Crippen molar-refractivity contribution in [2.45, 2.75) is 25.8 Å². The van der Waals surface area contributed by atoms with E-state index in [9.17, 15) is 14.4 Å². The number of para-hydroxylation sites is 3. The van der Waals surface area contributed by atoms with Crippen LogP contribution in [0.4, 0.5) is 17.3 Å². The molecule has 0 saturated heterocycles. The number of H-pyrrole nitrogens is 1. The Morgan fingerprint density at radius 2 is 1.66 bits per heavy atom. The van der Waals surface area contributed by atoms with E-state index in [1.807, 2.05) is 53.2 Å². The largest absolute Gasteiger partial charge is 0.361 e. The van der Waals surface area contributed by atoms with Crippen molar-refractivity contribution in [2.75, 3.05) is 22.1 Å². The van der Waals surface area contributed by atoms with Crippen LogP contribution in [0.15, 0.2) is 79.0 Å². The first-order valence-corrected chi connectivity index (χ1v) is 12.5. The van der Waals surface area contributed by atoms with Crippen molar-refractivity contribution in [3.63, 3.8) is 0 Å². The lowest BCUT2D eigenvalue weighted by Gasteiger charge is -2.16. The van der Waals surface area contributed by atoms with E-state index in [0.717, 1.165) is 27.5 Å². The number of imidazole rings is 1. The Morgan fingerprint density at radius 3 is 2.45 bits per heavy atom. The average molecular weight is 507 g/mol. The molecule has 0 bridgehead atoms. The van der Waals surface area contributed by atoms with E-state index in [-0.39, 0.29) is 24.1 Å². The highest BCUT2D eigenvalue weighted by Gasteiger charge is 2.40. The Bertz CT molecular complexity index is 1680. The number of nitrogens with zero attached hydrogens (tertiary/aromatic N) is 3. The Morgan fingerprint density at radius 1 is 0.947 bits per heavy atom. The quantitative estimate of drug-likeness (QED) is 0.299. The summed E-state index contributed by atoms with van der Waals surface area (Å²) in [5.74, 6) is -0.0280. The van der Waals surface area contributed by atoms with Crippen LogP contribution < -0.4 is 15.5 Å². The van der Waals surface area contributed by atoms with Crippen molar-refractivity contribution < 1.29 is 14.4 Å². The van der Waals surface area contributed by atoms with Gasteiger partial charge in [0.25, 0.3) is 5.91 Å². The molecule has 3 N–H and O–H groups in total. The van der Waals surface area contributed by atoms with Gasteiger partial charge in [-0.2, -0.15) is 0 Å². The van der Waals surface area contributed by atoms with Crippen molar-refractivity contribution in [1.29, 1.82) is 0 Å². The highest BCUT2D eigenvalue weighted by Crippen LogP contribution is 2.37. The first kappa shape index (κ1) is 23.5. The van der Waals surface area contributed by atoms with Gasteiger partial charge in [0.05, 0.1) is 17.5 Å².